The van der Waals surface area contributed by atoms with E-state index >= 15 is 0 Å². The summed E-state index contributed by atoms with van der Waals surface area (Å²) in [4.78, 5) is 12.0. The van der Waals surface area contributed by atoms with Crippen LogP contribution in [0, 0.1) is 11.6 Å². The molecule has 0 spiro atoms. The number of rotatable bonds is 1. The largest absolute Gasteiger partial charge is 0.372 e. The molecule has 19 heavy (non-hydrogen) atoms. The van der Waals surface area contributed by atoms with Gasteiger partial charge in [-0.3, -0.25) is 4.79 Å². The van der Waals surface area contributed by atoms with Gasteiger partial charge in [0.15, 0.2) is 5.60 Å². The first-order valence-corrected chi connectivity index (χ1v) is 5.62. The molecule has 1 unspecified atom stereocenters. The lowest BCUT2D eigenvalue weighted by atomic mass is 9.87. The molecule has 1 amide bonds. The van der Waals surface area contributed by atoms with Crippen LogP contribution < -0.4 is 5.32 Å². The minimum atomic E-state index is -2.13. The van der Waals surface area contributed by atoms with Crippen LogP contribution in [-0.2, 0) is 10.4 Å². The molecule has 96 valence electrons. The minimum absolute atomic E-state index is 0.143. The average molecular weight is 261 g/mol. The molecule has 0 saturated heterocycles. The molecule has 5 heteroatoms. The van der Waals surface area contributed by atoms with E-state index in [0.717, 1.165) is 18.2 Å². The van der Waals surface area contributed by atoms with Crippen molar-refractivity contribution in [2.75, 3.05) is 5.32 Å². The SMILES string of the molecule is O=C1Nc2cc(F)ccc2C1(O)c1ccccc1F. The Balaban J connectivity index is 2.26. The Morgan fingerprint density at radius 3 is 2.53 bits per heavy atom. The van der Waals surface area contributed by atoms with Crippen molar-refractivity contribution in [1.29, 1.82) is 0 Å². The van der Waals surface area contributed by atoms with Crippen molar-refractivity contribution in [3.63, 3.8) is 0 Å². The summed E-state index contributed by atoms with van der Waals surface area (Å²) in [5.74, 6) is -2.03. The van der Waals surface area contributed by atoms with E-state index in [2.05, 4.69) is 5.32 Å². The predicted octanol–water partition coefficient (Wildman–Crippen LogP) is 2.15. The molecule has 0 aromatic heterocycles. The fourth-order valence-corrected chi connectivity index (χ4v) is 2.29. The van der Waals surface area contributed by atoms with E-state index in [-0.39, 0.29) is 16.8 Å². The number of amides is 1. The maximum absolute atomic E-state index is 13.8. The second-order valence-corrected chi connectivity index (χ2v) is 4.33. The van der Waals surface area contributed by atoms with Crippen LogP contribution in [0.4, 0.5) is 14.5 Å². The number of carbonyl (C=O) groups excluding carboxylic acids is 1. The maximum Gasteiger partial charge on any atom is 0.265 e. The molecule has 0 radical (unpaired) electrons. The summed E-state index contributed by atoms with van der Waals surface area (Å²) in [6.45, 7) is 0. The van der Waals surface area contributed by atoms with Crippen LogP contribution in [0.3, 0.4) is 0 Å². The van der Waals surface area contributed by atoms with Gasteiger partial charge >= 0.3 is 0 Å². The minimum Gasteiger partial charge on any atom is -0.372 e. The van der Waals surface area contributed by atoms with Crippen LogP contribution in [0.15, 0.2) is 42.5 Å². The van der Waals surface area contributed by atoms with E-state index in [9.17, 15) is 18.7 Å². The molecule has 0 aliphatic carbocycles. The van der Waals surface area contributed by atoms with Crippen molar-refractivity contribution in [3.05, 3.63) is 65.2 Å². The number of benzene rings is 2. The molecule has 3 nitrogen and oxygen atoms in total. The number of carbonyl (C=O) groups is 1. The number of hydrogen-bond donors (Lipinski definition) is 2. The first-order chi connectivity index (χ1) is 9.03. The lowest BCUT2D eigenvalue weighted by Crippen LogP contribution is -2.36. The zero-order valence-electron chi connectivity index (χ0n) is 9.65. The number of nitrogens with one attached hydrogen (secondary N) is 1. The van der Waals surface area contributed by atoms with Gasteiger partial charge in [0.2, 0.25) is 0 Å². The summed E-state index contributed by atoms with van der Waals surface area (Å²) >= 11 is 0. The van der Waals surface area contributed by atoms with Gasteiger partial charge in [0, 0.05) is 11.1 Å². The Bertz CT molecular complexity index is 687. The van der Waals surface area contributed by atoms with Gasteiger partial charge in [0.25, 0.3) is 5.91 Å². The lowest BCUT2D eigenvalue weighted by Gasteiger charge is -2.21. The topological polar surface area (TPSA) is 49.3 Å². The molecule has 2 aromatic rings. The van der Waals surface area contributed by atoms with E-state index < -0.39 is 23.1 Å². The molecule has 3 rings (SSSR count). The van der Waals surface area contributed by atoms with Crippen molar-refractivity contribution in [2.24, 2.45) is 0 Å². The fraction of sp³-hybridized carbons (Fsp3) is 0.0714. The third-order valence-corrected chi connectivity index (χ3v) is 3.21. The highest BCUT2D eigenvalue weighted by molar-refractivity contribution is 6.07. The molecule has 1 aliphatic heterocycles. The molecule has 2 N–H and O–H groups in total. The van der Waals surface area contributed by atoms with E-state index in [4.69, 9.17) is 0 Å². The van der Waals surface area contributed by atoms with Crippen LogP contribution in [-0.4, -0.2) is 11.0 Å². The molecule has 1 atom stereocenters. The third-order valence-electron chi connectivity index (χ3n) is 3.21. The van der Waals surface area contributed by atoms with Crippen LogP contribution in [0.2, 0.25) is 0 Å². The monoisotopic (exact) mass is 261 g/mol. The smallest absolute Gasteiger partial charge is 0.265 e. The Morgan fingerprint density at radius 2 is 1.79 bits per heavy atom. The maximum atomic E-state index is 13.8. The Kier molecular flexibility index (Phi) is 2.40. The predicted molar refractivity (Wildman–Crippen MR) is 64.4 cm³/mol. The summed E-state index contributed by atoms with van der Waals surface area (Å²) in [6, 6.07) is 8.94. The van der Waals surface area contributed by atoms with Gasteiger partial charge in [0.1, 0.15) is 11.6 Å². The Morgan fingerprint density at radius 1 is 1.05 bits per heavy atom. The highest BCUT2D eigenvalue weighted by Gasteiger charge is 2.48. The van der Waals surface area contributed by atoms with Crippen LogP contribution in [0.5, 0.6) is 0 Å². The zero-order chi connectivity index (χ0) is 13.6. The number of halogens is 2. The highest BCUT2D eigenvalue weighted by Crippen LogP contribution is 2.41. The van der Waals surface area contributed by atoms with Crippen molar-refractivity contribution >= 4 is 11.6 Å². The van der Waals surface area contributed by atoms with Crippen molar-refractivity contribution in [1.82, 2.24) is 0 Å². The van der Waals surface area contributed by atoms with Gasteiger partial charge in [-0.25, -0.2) is 8.78 Å². The molecule has 0 fully saturated rings. The van der Waals surface area contributed by atoms with Crippen molar-refractivity contribution in [3.8, 4) is 0 Å². The molecule has 1 heterocycles. The Hall–Kier alpha value is -2.27. The van der Waals surface area contributed by atoms with Gasteiger partial charge in [-0.05, 0) is 18.2 Å². The van der Waals surface area contributed by atoms with Crippen LogP contribution >= 0.6 is 0 Å². The van der Waals surface area contributed by atoms with E-state index in [1.807, 2.05) is 0 Å². The number of anilines is 1. The molecule has 0 bridgehead atoms. The summed E-state index contributed by atoms with van der Waals surface area (Å²) in [5.41, 5.74) is -1.99. The summed E-state index contributed by atoms with van der Waals surface area (Å²) in [7, 11) is 0. The summed E-state index contributed by atoms with van der Waals surface area (Å²) in [5, 5.41) is 12.9. The number of fused-ring (bicyclic) bond motifs is 1. The first-order valence-electron chi connectivity index (χ1n) is 5.62. The second kappa shape index (κ2) is 3.86. The molecule has 2 aromatic carbocycles. The standard InChI is InChI=1S/C14H9F2NO2/c15-8-5-6-10-12(7-8)17-13(18)14(10,19)9-3-1-2-4-11(9)16/h1-7,19H,(H,17,18). The van der Waals surface area contributed by atoms with Crippen molar-refractivity contribution < 1.29 is 18.7 Å². The van der Waals surface area contributed by atoms with E-state index in [0.29, 0.717) is 0 Å². The summed E-state index contributed by atoms with van der Waals surface area (Å²) in [6.07, 6.45) is 0. The number of hydrogen-bond acceptors (Lipinski definition) is 2. The third kappa shape index (κ3) is 1.55. The number of aliphatic hydroxyl groups is 1. The Labute approximate surface area is 107 Å². The van der Waals surface area contributed by atoms with Gasteiger partial charge < -0.3 is 10.4 Å². The molecule has 1 aliphatic rings. The normalized spacial score (nSPS) is 21.1. The molecular weight excluding hydrogens is 252 g/mol. The van der Waals surface area contributed by atoms with E-state index in [1.165, 1.54) is 24.3 Å². The van der Waals surface area contributed by atoms with Gasteiger partial charge in [-0.1, -0.05) is 24.3 Å². The van der Waals surface area contributed by atoms with Gasteiger partial charge in [0.05, 0.1) is 5.69 Å². The van der Waals surface area contributed by atoms with Gasteiger partial charge in [-0.15, -0.1) is 0 Å². The van der Waals surface area contributed by atoms with E-state index in [1.54, 1.807) is 0 Å². The highest BCUT2D eigenvalue weighted by atomic mass is 19.1. The first kappa shape index (κ1) is 11.8. The molecular formula is C14H9F2NO2. The second-order valence-electron chi connectivity index (χ2n) is 4.33. The quantitative estimate of drug-likeness (QED) is 0.826. The zero-order valence-corrected chi connectivity index (χ0v) is 9.65. The average Bonchev–Trinajstić information content (AvgIpc) is 2.62. The van der Waals surface area contributed by atoms with Crippen LogP contribution in [0.25, 0.3) is 0 Å². The summed E-state index contributed by atoms with van der Waals surface area (Å²) < 4.78 is 26.9. The van der Waals surface area contributed by atoms with Crippen LogP contribution in [0.1, 0.15) is 11.1 Å². The van der Waals surface area contributed by atoms with Gasteiger partial charge in [-0.2, -0.15) is 0 Å². The van der Waals surface area contributed by atoms with Crippen molar-refractivity contribution in [2.45, 2.75) is 5.60 Å². The fourth-order valence-electron chi connectivity index (χ4n) is 2.29. The molecule has 0 saturated carbocycles. The lowest BCUT2D eigenvalue weighted by molar-refractivity contribution is -0.129.